The van der Waals surface area contributed by atoms with E-state index in [0.29, 0.717) is 18.8 Å². The van der Waals surface area contributed by atoms with Crippen molar-refractivity contribution >= 4 is 37.7 Å². The number of sulfonamides is 1. The molecule has 5 nitrogen and oxygen atoms in total. The summed E-state index contributed by atoms with van der Waals surface area (Å²) in [6, 6.07) is 1.49. The molecule has 0 amide bonds. The second kappa shape index (κ2) is 5.40. The number of nitrogens with zero attached hydrogens (tertiary/aromatic N) is 1. The molecule has 1 aromatic heterocycles. The van der Waals surface area contributed by atoms with E-state index < -0.39 is 10.0 Å². The van der Waals surface area contributed by atoms with Gasteiger partial charge in [-0.3, -0.25) is 0 Å². The standard InChI is InChI=1S/C11H17BrN2O3S2/c1-11(2)7-14(3-4-18-11)19(15,16)9-5-8(6-13)17-10(9)12/h5H,3-4,6-7,13H2,1-2H3. The number of halogens is 1. The van der Waals surface area contributed by atoms with Crippen molar-refractivity contribution in [3.05, 3.63) is 16.5 Å². The summed E-state index contributed by atoms with van der Waals surface area (Å²) in [6.07, 6.45) is 0. The van der Waals surface area contributed by atoms with Crippen molar-refractivity contribution in [2.45, 2.75) is 30.0 Å². The van der Waals surface area contributed by atoms with Gasteiger partial charge in [0.15, 0.2) is 4.67 Å². The van der Waals surface area contributed by atoms with Gasteiger partial charge in [-0.2, -0.15) is 16.1 Å². The van der Waals surface area contributed by atoms with E-state index in [0.717, 1.165) is 5.75 Å². The Hall–Kier alpha value is -0.0200. The minimum absolute atomic E-state index is 0.0712. The molecule has 2 rings (SSSR count). The first kappa shape index (κ1) is 15.4. The zero-order valence-electron chi connectivity index (χ0n) is 10.8. The first-order valence-electron chi connectivity index (χ1n) is 5.89. The van der Waals surface area contributed by atoms with Crippen molar-refractivity contribution in [3.8, 4) is 0 Å². The average Bonchev–Trinajstić information content (AvgIpc) is 2.70. The van der Waals surface area contributed by atoms with Gasteiger partial charge in [-0.1, -0.05) is 0 Å². The fraction of sp³-hybridized carbons (Fsp3) is 0.636. The van der Waals surface area contributed by atoms with E-state index in [1.807, 2.05) is 0 Å². The van der Waals surface area contributed by atoms with Crippen LogP contribution < -0.4 is 5.73 Å². The quantitative estimate of drug-likeness (QED) is 0.882. The van der Waals surface area contributed by atoms with Crippen LogP contribution in [0.1, 0.15) is 19.6 Å². The largest absolute Gasteiger partial charge is 0.452 e. The smallest absolute Gasteiger partial charge is 0.247 e. The second-order valence-electron chi connectivity index (χ2n) is 5.00. The number of rotatable bonds is 3. The lowest BCUT2D eigenvalue weighted by atomic mass is 10.2. The van der Waals surface area contributed by atoms with Crippen molar-refractivity contribution in [1.82, 2.24) is 4.31 Å². The highest BCUT2D eigenvalue weighted by Gasteiger charge is 2.36. The fourth-order valence-corrected chi connectivity index (χ4v) is 5.86. The first-order chi connectivity index (χ1) is 8.76. The first-order valence-corrected chi connectivity index (χ1v) is 9.10. The van der Waals surface area contributed by atoms with Gasteiger partial charge >= 0.3 is 0 Å². The molecule has 19 heavy (non-hydrogen) atoms. The predicted molar refractivity (Wildman–Crippen MR) is 79.6 cm³/mol. The monoisotopic (exact) mass is 368 g/mol. The zero-order chi connectivity index (χ0) is 14.3. The molecule has 0 spiro atoms. The molecule has 0 bridgehead atoms. The molecule has 108 valence electrons. The fourth-order valence-electron chi connectivity index (χ4n) is 1.99. The summed E-state index contributed by atoms with van der Waals surface area (Å²) in [7, 11) is -3.53. The molecule has 0 unspecified atom stereocenters. The number of hydrogen-bond acceptors (Lipinski definition) is 5. The molecule has 0 radical (unpaired) electrons. The van der Waals surface area contributed by atoms with E-state index in [-0.39, 0.29) is 20.9 Å². The minimum Gasteiger partial charge on any atom is -0.452 e. The Labute approximate surface area is 126 Å². The molecule has 1 saturated heterocycles. The van der Waals surface area contributed by atoms with E-state index in [1.165, 1.54) is 10.4 Å². The van der Waals surface area contributed by atoms with Gasteiger partial charge in [0.2, 0.25) is 10.0 Å². The van der Waals surface area contributed by atoms with Crippen LogP contribution >= 0.6 is 27.7 Å². The van der Waals surface area contributed by atoms with Crippen LogP contribution in [0.3, 0.4) is 0 Å². The maximum Gasteiger partial charge on any atom is 0.247 e. The molecule has 0 aliphatic carbocycles. The van der Waals surface area contributed by atoms with Gasteiger partial charge in [0.25, 0.3) is 0 Å². The maximum atomic E-state index is 12.6. The summed E-state index contributed by atoms with van der Waals surface area (Å²) in [4.78, 5) is 0.163. The zero-order valence-corrected chi connectivity index (χ0v) is 14.1. The third-order valence-corrected chi connectivity index (χ3v) is 6.92. The molecular weight excluding hydrogens is 352 g/mol. The van der Waals surface area contributed by atoms with Crippen LogP contribution in [0.25, 0.3) is 0 Å². The van der Waals surface area contributed by atoms with Gasteiger partial charge in [-0.15, -0.1) is 0 Å². The Bertz CT molecular complexity index is 568. The summed E-state index contributed by atoms with van der Waals surface area (Å²) >= 11 is 4.94. The second-order valence-corrected chi connectivity index (χ2v) is 9.43. The lowest BCUT2D eigenvalue weighted by Crippen LogP contribution is -2.46. The topological polar surface area (TPSA) is 76.5 Å². The summed E-state index contributed by atoms with van der Waals surface area (Å²) in [5.41, 5.74) is 5.47. The number of furan rings is 1. The van der Waals surface area contributed by atoms with E-state index >= 15 is 0 Å². The van der Waals surface area contributed by atoms with Gasteiger partial charge < -0.3 is 10.2 Å². The van der Waals surface area contributed by atoms with Crippen LogP contribution in [0, 0.1) is 0 Å². The summed E-state index contributed by atoms with van der Waals surface area (Å²) in [6.45, 7) is 5.29. The van der Waals surface area contributed by atoms with E-state index in [2.05, 4.69) is 29.8 Å². The summed E-state index contributed by atoms with van der Waals surface area (Å²) in [5.74, 6) is 1.25. The van der Waals surface area contributed by atoms with Crippen molar-refractivity contribution < 1.29 is 12.8 Å². The van der Waals surface area contributed by atoms with Crippen LogP contribution in [0.5, 0.6) is 0 Å². The molecule has 1 aliphatic heterocycles. The number of thioether (sulfide) groups is 1. The molecule has 0 atom stereocenters. The van der Waals surface area contributed by atoms with Crippen molar-refractivity contribution in [2.24, 2.45) is 5.73 Å². The Kier molecular flexibility index (Phi) is 4.37. The summed E-state index contributed by atoms with van der Waals surface area (Å²) < 4.78 is 32.2. The average molecular weight is 369 g/mol. The van der Waals surface area contributed by atoms with Gasteiger partial charge in [-0.05, 0) is 29.8 Å². The lowest BCUT2D eigenvalue weighted by molar-refractivity contribution is 0.386. The Morgan fingerprint density at radius 2 is 2.26 bits per heavy atom. The molecule has 1 aliphatic rings. The summed E-state index contributed by atoms with van der Waals surface area (Å²) in [5, 5.41) is 0. The molecule has 2 heterocycles. The third-order valence-electron chi connectivity index (χ3n) is 2.92. The Balaban J connectivity index is 2.34. The molecule has 1 fully saturated rings. The van der Waals surface area contributed by atoms with Crippen LogP contribution in [-0.4, -0.2) is 36.3 Å². The lowest BCUT2D eigenvalue weighted by Gasteiger charge is -2.36. The number of hydrogen-bond donors (Lipinski definition) is 1. The van der Waals surface area contributed by atoms with Crippen molar-refractivity contribution in [3.63, 3.8) is 0 Å². The molecule has 2 N–H and O–H groups in total. The highest BCUT2D eigenvalue weighted by Crippen LogP contribution is 2.35. The van der Waals surface area contributed by atoms with Gasteiger partial charge in [-0.25, -0.2) is 8.42 Å². The minimum atomic E-state index is -3.53. The van der Waals surface area contributed by atoms with Crippen molar-refractivity contribution in [1.29, 1.82) is 0 Å². The third kappa shape index (κ3) is 3.18. The van der Waals surface area contributed by atoms with E-state index in [9.17, 15) is 8.42 Å². The van der Waals surface area contributed by atoms with E-state index in [1.54, 1.807) is 11.8 Å². The van der Waals surface area contributed by atoms with Crippen LogP contribution in [0.2, 0.25) is 0 Å². The van der Waals surface area contributed by atoms with Gasteiger partial charge in [0, 0.05) is 29.7 Å². The van der Waals surface area contributed by atoms with Gasteiger partial charge in [0.05, 0.1) is 6.54 Å². The SMILES string of the molecule is CC1(C)CN(S(=O)(=O)c2cc(CN)oc2Br)CCS1. The number of nitrogens with two attached hydrogens (primary N) is 1. The van der Waals surface area contributed by atoms with Crippen molar-refractivity contribution in [2.75, 3.05) is 18.8 Å². The Morgan fingerprint density at radius 1 is 1.58 bits per heavy atom. The molecule has 1 aromatic rings. The molecule has 0 saturated carbocycles. The van der Waals surface area contributed by atoms with Gasteiger partial charge in [0.1, 0.15) is 10.7 Å². The molecule has 0 aromatic carbocycles. The van der Waals surface area contributed by atoms with Crippen LogP contribution in [0.15, 0.2) is 20.0 Å². The van der Waals surface area contributed by atoms with E-state index in [4.69, 9.17) is 10.2 Å². The predicted octanol–water partition coefficient (Wildman–Crippen LogP) is 2.02. The highest BCUT2D eigenvalue weighted by molar-refractivity contribution is 9.10. The van der Waals surface area contributed by atoms with Crippen LogP contribution in [0.4, 0.5) is 0 Å². The maximum absolute atomic E-state index is 12.6. The highest BCUT2D eigenvalue weighted by atomic mass is 79.9. The Morgan fingerprint density at radius 3 is 2.79 bits per heavy atom. The molecular formula is C11H17BrN2O3S2. The molecule has 8 heteroatoms. The normalized spacial score (nSPS) is 20.6. The van der Waals surface area contributed by atoms with Crippen LogP contribution in [-0.2, 0) is 16.6 Å².